The van der Waals surface area contributed by atoms with Gasteiger partial charge in [-0.05, 0) is 18.2 Å². The summed E-state index contributed by atoms with van der Waals surface area (Å²) in [4.78, 5) is 12.4. The summed E-state index contributed by atoms with van der Waals surface area (Å²) in [6.45, 7) is 0. The van der Waals surface area contributed by atoms with Crippen molar-refractivity contribution in [2.45, 2.75) is 0 Å². The average molecular weight is 183 g/mol. The van der Waals surface area contributed by atoms with Crippen LogP contribution >= 0.6 is 0 Å². The molecular formula is C9H5N5. The first-order chi connectivity index (χ1) is 6.93. The summed E-state index contributed by atoms with van der Waals surface area (Å²) < 4.78 is 0. The van der Waals surface area contributed by atoms with Crippen molar-refractivity contribution < 1.29 is 0 Å². The van der Waals surface area contributed by atoms with E-state index in [9.17, 15) is 0 Å². The first-order valence-electron chi connectivity index (χ1n) is 4.13. The van der Waals surface area contributed by atoms with Gasteiger partial charge in [-0.3, -0.25) is 0 Å². The predicted octanol–water partition coefficient (Wildman–Crippen LogP) is 0.968. The van der Waals surface area contributed by atoms with Crippen molar-refractivity contribution >= 4 is 22.2 Å². The number of pyridine rings is 1. The van der Waals surface area contributed by atoms with E-state index in [1.807, 2.05) is 12.1 Å². The maximum Gasteiger partial charge on any atom is 0.180 e. The number of aromatic nitrogens is 5. The van der Waals surface area contributed by atoms with E-state index in [0.717, 1.165) is 16.6 Å². The van der Waals surface area contributed by atoms with Crippen LogP contribution in [0.2, 0.25) is 0 Å². The molecule has 0 aliphatic heterocycles. The minimum absolute atomic E-state index is 0.644. The zero-order chi connectivity index (χ0) is 9.38. The van der Waals surface area contributed by atoms with Crippen LogP contribution in [0.25, 0.3) is 22.2 Å². The normalized spacial score (nSPS) is 10.9. The summed E-state index contributed by atoms with van der Waals surface area (Å²) >= 11 is 0. The molecule has 0 atom stereocenters. The SMILES string of the molecule is c1cnnc2cc3ncnc3nc2c1. The van der Waals surface area contributed by atoms with Crippen LogP contribution < -0.4 is 0 Å². The Morgan fingerprint density at radius 3 is 3.00 bits per heavy atom. The highest BCUT2D eigenvalue weighted by atomic mass is 15.1. The third-order valence-corrected chi connectivity index (χ3v) is 1.94. The van der Waals surface area contributed by atoms with Gasteiger partial charge in [0.25, 0.3) is 0 Å². The van der Waals surface area contributed by atoms with Crippen LogP contribution in [0, 0.1) is 0 Å². The molecule has 0 aromatic carbocycles. The standard InChI is InChI=1S/C9H5N5/c1-2-6-7(14-12-3-1)4-8-9(13-6)11-5-10-8/h1-5H. The molecule has 0 radical (unpaired) electrons. The second-order valence-electron chi connectivity index (χ2n) is 2.83. The van der Waals surface area contributed by atoms with E-state index in [4.69, 9.17) is 0 Å². The Labute approximate surface area is 78.9 Å². The lowest BCUT2D eigenvalue weighted by molar-refractivity contribution is 1.09. The monoisotopic (exact) mass is 183 g/mol. The molecule has 5 nitrogen and oxygen atoms in total. The number of hydrogen-bond acceptors (Lipinski definition) is 5. The molecule has 0 saturated heterocycles. The molecule has 5 heteroatoms. The zero-order valence-corrected chi connectivity index (χ0v) is 7.12. The lowest BCUT2D eigenvalue weighted by atomic mass is 10.3. The number of hydrogen-bond donors (Lipinski definition) is 0. The smallest absolute Gasteiger partial charge is 0.180 e. The second kappa shape index (κ2) is 2.66. The highest BCUT2D eigenvalue weighted by Gasteiger charge is 2.01. The molecule has 0 bridgehead atoms. The van der Waals surface area contributed by atoms with Crippen molar-refractivity contribution in [3.63, 3.8) is 0 Å². The van der Waals surface area contributed by atoms with Gasteiger partial charge in [0.1, 0.15) is 17.4 Å². The molecule has 0 aliphatic rings. The van der Waals surface area contributed by atoms with Crippen molar-refractivity contribution in [3.05, 3.63) is 30.7 Å². The van der Waals surface area contributed by atoms with Gasteiger partial charge >= 0.3 is 0 Å². The molecule has 0 fully saturated rings. The predicted molar refractivity (Wildman–Crippen MR) is 50.4 cm³/mol. The van der Waals surface area contributed by atoms with Crippen LogP contribution in [0.1, 0.15) is 0 Å². The zero-order valence-electron chi connectivity index (χ0n) is 7.12. The number of nitrogens with zero attached hydrogens (tertiary/aromatic N) is 5. The number of fused-ring (bicyclic) bond motifs is 2. The second-order valence-corrected chi connectivity index (χ2v) is 2.83. The summed E-state index contributed by atoms with van der Waals surface area (Å²) in [6.07, 6.45) is 3.11. The third kappa shape index (κ3) is 0.990. The van der Waals surface area contributed by atoms with Crippen LogP contribution in [0.5, 0.6) is 0 Å². The van der Waals surface area contributed by atoms with Crippen molar-refractivity contribution in [3.8, 4) is 0 Å². The van der Waals surface area contributed by atoms with Crippen LogP contribution in [0.4, 0.5) is 0 Å². The van der Waals surface area contributed by atoms with Crippen LogP contribution in [-0.2, 0) is 0 Å². The van der Waals surface area contributed by atoms with Gasteiger partial charge in [0.15, 0.2) is 5.65 Å². The van der Waals surface area contributed by atoms with Crippen LogP contribution in [0.15, 0.2) is 30.7 Å². The van der Waals surface area contributed by atoms with E-state index in [0.29, 0.717) is 5.65 Å². The molecule has 0 saturated carbocycles. The maximum atomic E-state index is 4.30. The minimum atomic E-state index is 0.644. The largest absolute Gasteiger partial charge is 0.233 e. The summed E-state index contributed by atoms with van der Waals surface area (Å²) in [5, 5.41) is 7.82. The van der Waals surface area contributed by atoms with E-state index in [2.05, 4.69) is 25.1 Å². The molecule has 3 heterocycles. The Bertz CT molecular complexity index is 557. The molecule has 0 unspecified atom stereocenters. The van der Waals surface area contributed by atoms with Crippen molar-refractivity contribution in [2.75, 3.05) is 0 Å². The van der Waals surface area contributed by atoms with Gasteiger partial charge in [0.2, 0.25) is 0 Å². The van der Waals surface area contributed by atoms with Crippen molar-refractivity contribution in [2.24, 2.45) is 0 Å². The summed E-state index contributed by atoms with van der Waals surface area (Å²) in [7, 11) is 0. The third-order valence-electron chi connectivity index (χ3n) is 1.94. The molecule has 3 aromatic rings. The quantitative estimate of drug-likeness (QED) is 0.519. The minimum Gasteiger partial charge on any atom is -0.233 e. The number of rotatable bonds is 0. The van der Waals surface area contributed by atoms with E-state index in [1.54, 1.807) is 12.3 Å². The summed E-state index contributed by atoms with van der Waals surface area (Å²) in [5.74, 6) is 0. The fourth-order valence-corrected chi connectivity index (χ4v) is 1.30. The van der Waals surface area contributed by atoms with Crippen molar-refractivity contribution in [1.82, 2.24) is 25.1 Å². The lowest BCUT2D eigenvalue weighted by Crippen LogP contribution is -1.81. The highest BCUT2D eigenvalue weighted by Crippen LogP contribution is 2.12. The van der Waals surface area contributed by atoms with Gasteiger partial charge in [-0.1, -0.05) is 0 Å². The van der Waals surface area contributed by atoms with Crippen LogP contribution in [0.3, 0.4) is 0 Å². The highest BCUT2D eigenvalue weighted by molar-refractivity contribution is 5.85. The first kappa shape index (κ1) is 7.25. The van der Waals surface area contributed by atoms with E-state index >= 15 is 0 Å². The van der Waals surface area contributed by atoms with Gasteiger partial charge in [-0.2, -0.15) is 5.10 Å². The van der Waals surface area contributed by atoms with E-state index in [1.165, 1.54) is 6.33 Å². The van der Waals surface area contributed by atoms with E-state index < -0.39 is 0 Å². The maximum absolute atomic E-state index is 4.30. The molecular weight excluding hydrogens is 178 g/mol. The Kier molecular flexibility index (Phi) is 1.38. The van der Waals surface area contributed by atoms with Gasteiger partial charge in [0.05, 0.1) is 5.52 Å². The molecule has 3 aromatic heterocycles. The lowest BCUT2D eigenvalue weighted by Gasteiger charge is -1.89. The molecule has 3 rings (SSSR count). The Morgan fingerprint density at radius 1 is 1.00 bits per heavy atom. The molecule has 0 N–H and O–H groups in total. The Hall–Kier alpha value is -2.17. The fourth-order valence-electron chi connectivity index (χ4n) is 1.30. The fraction of sp³-hybridized carbons (Fsp3) is 0. The average Bonchev–Trinajstić information content (AvgIpc) is 2.51. The molecule has 0 spiro atoms. The topological polar surface area (TPSA) is 64.5 Å². The van der Waals surface area contributed by atoms with Gasteiger partial charge < -0.3 is 0 Å². The molecule has 66 valence electrons. The Balaban J connectivity index is 2.55. The summed E-state index contributed by atoms with van der Waals surface area (Å²) in [6, 6.07) is 5.48. The van der Waals surface area contributed by atoms with E-state index in [-0.39, 0.29) is 0 Å². The van der Waals surface area contributed by atoms with Crippen LogP contribution in [-0.4, -0.2) is 25.1 Å². The van der Waals surface area contributed by atoms with Gasteiger partial charge in [-0.25, -0.2) is 15.0 Å². The number of imidazole rings is 1. The van der Waals surface area contributed by atoms with Gasteiger partial charge in [0, 0.05) is 6.20 Å². The Morgan fingerprint density at radius 2 is 2.00 bits per heavy atom. The first-order valence-corrected chi connectivity index (χ1v) is 4.13. The summed E-state index contributed by atoms with van der Waals surface area (Å²) in [5.41, 5.74) is 2.89. The van der Waals surface area contributed by atoms with Gasteiger partial charge in [-0.15, -0.1) is 5.10 Å². The molecule has 0 aliphatic carbocycles. The molecule has 14 heavy (non-hydrogen) atoms. The molecule has 0 amide bonds. The van der Waals surface area contributed by atoms with Crippen molar-refractivity contribution in [1.29, 1.82) is 0 Å².